The highest BCUT2D eigenvalue weighted by Crippen LogP contribution is 2.32. The van der Waals surface area contributed by atoms with E-state index in [2.05, 4.69) is 0 Å². The van der Waals surface area contributed by atoms with Crippen molar-refractivity contribution in [3.05, 3.63) is 62.9 Å². The van der Waals surface area contributed by atoms with Gasteiger partial charge in [-0.05, 0) is 24.3 Å². The number of halogens is 2. The zero-order valence-corrected chi connectivity index (χ0v) is 11.8. The van der Waals surface area contributed by atoms with Gasteiger partial charge in [0.05, 0.1) is 23.1 Å². The van der Waals surface area contributed by atoms with Crippen LogP contribution in [0.2, 0.25) is 5.02 Å². The number of hydrogen-bond donors (Lipinski definition) is 0. The fourth-order valence-electron chi connectivity index (χ4n) is 1.71. The zero-order chi connectivity index (χ0) is 15.4. The molecule has 0 aliphatic heterocycles. The third-order valence-electron chi connectivity index (χ3n) is 2.80. The summed E-state index contributed by atoms with van der Waals surface area (Å²) in [4.78, 5) is 10.4. The van der Waals surface area contributed by atoms with Gasteiger partial charge in [0.25, 0.3) is 0 Å². The van der Waals surface area contributed by atoms with Crippen LogP contribution >= 0.6 is 11.6 Å². The number of nitro benzene ring substituents is 1. The van der Waals surface area contributed by atoms with Crippen molar-refractivity contribution in [2.75, 3.05) is 7.11 Å². The highest BCUT2D eigenvalue weighted by molar-refractivity contribution is 6.31. The van der Waals surface area contributed by atoms with Gasteiger partial charge in [-0.25, -0.2) is 4.39 Å². The van der Waals surface area contributed by atoms with E-state index in [1.807, 2.05) is 0 Å². The fraction of sp³-hybridized carbons (Fsp3) is 0.143. The van der Waals surface area contributed by atoms with E-state index in [4.69, 9.17) is 21.1 Å². The Morgan fingerprint density at radius 2 is 2.10 bits per heavy atom. The molecular formula is C14H11ClFNO4. The van der Waals surface area contributed by atoms with E-state index in [9.17, 15) is 14.5 Å². The predicted octanol–water partition coefficient (Wildman–Crippen LogP) is 3.97. The number of hydrogen-bond acceptors (Lipinski definition) is 4. The smallest absolute Gasteiger partial charge is 0.314 e. The molecule has 5 nitrogen and oxygen atoms in total. The molecule has 0 bridgehead atoms. The Morgan fingerprint density at radius 3 is 2.71 bits per heavy atom. The van der Waals surface area contributed by atoms with E-state index in [0.29, 0.717) is 5.75 Å². The average Bonchev–Trinajstić information content (AvgIpc) is 2.46. The lowest BCUT2D eigenvalue weighted by molar-refractivity contribution is -0.386. The number of ether oxygens (including phenoxy) is 2. The molecule has 2 aromatic carbocycles. The Labute approximate surface area is 125 Å². The largest absolute Gasteiger partial charge is 0.496 e. The molecule has 0 unspecified atom stereocenters. The molecule has 0 radical (unpaired) electrons. The first kappa shape index (κ1) is 15.1. The number of methoxy groups -OCH3 is 1. The lowest BCUT2D eigenvalue weighted by atomic mass is 10.2. The van der Waals surface area contributed by atoms with Gasteiger partial charge in [-0.15, -0.1) is 0 Å². The van der Waals surface area contributed by atoms with Crippen molar-refractivity contribution >= 4 is 17.3 Å². The van der Waals surface area contributed by atoms with Gasteiger partial charge in [0.1, 0.15) is 18.2 Å². The Kier molecular flexibility index (Phi) is 4.59. The van der Waals surface area contributed by atoms with Crippen molar-refractivity contribution in [1.82, 2.24) is 0 Å². The standard InChI is InChI=1S/C14H11ClFNO4/c1-20-9-5-6-14(13(7-9)17(18)19)21-8-10-11(15)3-2-4-12(10)16/h2-7H,8H2,1H3. The monoisotopic (exact) mass is 311 g/mol. The highest BCUT2D eigenvalue weighted by Gasteiger charge is 2.17. The summed E-state index contributed by atoms with van der Waals surface area (Å²) in [6.45, 7) is -0.210. The van der Waals surface area contributed by atoms with Crippen LogP contribution in [-0.2, 0) is 6.61 Å². The molecule has 0 N–H and O–H groups in total. The van der Waals surface area contributed by atoms with Gasteiger partial charge in [0.2, 0.25) is 0 Å². The van der Waals surface area contributed by atoms with Gasteiger partial charge in [-0.1, -0.05) is 17.7 Å². The Bertz CT molecular complexity index is 658. The van der Waals surface area contributed by atoms with Gasteiger partial charge in [0, 0.05) is 5.56 Å². The second kappa shape index (κ2) is 6.41. The molecule has 0 spiro atoms. The van der Waals surface area contributed by atoms with Crippen LogP contribution in [0.15, 0.2) is 36.4 Å². The topological polar surface area (TPSA) is 61.6 Å². The second-order valence-electron chi connectivity index (χ2n) is 4.08. The maximum atomic E-state index is 13.6. The molecule has 0 aromatic heterocycles. The summed E-state index contributed by atoms with van der Waals surface area (Å²) in [6.07, 6.45) is 0. The third kappa shape index (κ3) is 3.41. The van der Waals surface area contributed by atoms with Gasteiger partial charge >= 0.3 is 5.69 Å². The van der Waals surface area contributed by atoms with Crippen molar-refractivity contribution in [1.29, 1.82) is 0 Å². The minimum atomic E-state index is -0.596. The SMILES string of the molecule is COc1ccc(OCc2c(F)cccc2Cl)c([N+](=O)[O-])c1. The Hall–Kier alpha value is -2.34. The average molecular weight is 312 g/mol. The minimum absolute atomic E-state index is 0.0140. The Morgan fingerprint density at radius 1 is 1.33 bits per heavy atom. The molecule has 110 valence electrons. The molecule has 0 fully saturated rings. The van der Waals surface area contributed by atoms with E-state index in [1.165, 1.54) is 43.5 Å². The Balaban J connectivity index is 2.26. The van der Waals surface area contributed by atoms with Gasteiger partial charge < -0.3 is 9.47 Å². The molecular weight excluding hydrogens is 301 g/mol. The lowest BCUT2D eigenvalue weighted by Gasteiger charge is -2.09. The fourth-order valence-corrected chi connectivity index (χ4v) is 1.93. The van der Waals surface area contributed by atoms with Crippen molar-refractivity contribution in [2.45, 2.75) is 6.61 Å². The van der Waals surface area contributed by atoms with Crippen LogP contribution in [0.1, 0.15) is 5.56 Å². The molecule has 7 heteroatoms. The van der Waals surface area contributed by atoms with Crippen LogP contribution in [-0.4, -0.2) is 12.0 Å². The lowest BCUT2D eigenvalue weighted by Crippen LogP contribution is -2.02. The molecule has 2 rings (SSSR count). The summed E-state index contributed by atoms with van der Waals surface area (Å²) >= 11 is 5.87. The van der Waals surface area contributed by atoms with Crippen LogP contribution in [0, 0.1) is 15.9 Å². The minimum Gasteiger partial charge on any atom is -0.496 e. The quantitative estimate of drug-likeness (QED) is 0.619. The van der Waals surface area contributed by atoms with E-state index < -0.39 is 10.7 Å². The van der Waals surface area contributed by atoms with E-state index in [0.717, 1.165) is 0 Å². The summed E-state index contributed by atoms with van der Waals surface area (Å²) in [5, 5.41) is 11.2. The summed E-state index contributed by atoms with van der Waals surface area (Å²) in [5.74, 6) is -0.184. The molecule has 2 aromatic rings. The predicted molar refractivity (Wildman–Crippen MR) is 75.4 cm³/mol. The van der Waals surface area contributed by atoms with Crippen LogP contribution in [0.4, 0.5) is 10.1 Å². The normalized spacial score (nSPS) is 10.2. The molecule has 21 heavy (non-hydrogen) atoms. The van der Waals surface area contributed by atoms with Crippen LogP contribution in [0.5, 0.6) is 11.5 Å². The van der Waals surface area contributed by atoms with E-state index in [1.54, 1.807) is 0 Å². The van der Waals surface area contributed by atoms with Crippen LogP contribution in [0.3, 0.4) is 0 Å². The van der Waals surface area contributed by atoms with E-state index >= 15 is 0 Å². The second-order valence-corrected chi connectivity index (χ2v) is 4.49. The first-order valence-corrected chi connectivity index (χ1v) is 6.29. The molecule has 0 aliphatic rings. The number of rotatable bonds is 5. The van der Waals surface area contributed by atoms with Crippen LogP contribution in [0.25, 0.3) is 0 Å². The molecule has 0 saturated carbocycles. The third-order valence-corrected chi connectivity index (χ3v) is 3.15. The molecule has 0 heterocycles. The zero-order valence-electron chi connectivity index (χ0n) is 11.0. The molecule has 0 aliphatic carbocycles. The number of nitro groups is 1. The van der Waals surface area contributed by atoms with Crippen molar-refractivity contribution < 1.29 is 18.8 Å². The van der Waals surface area contributed by atoms with Crippen molar-refractivity contribution in [2.24, 2.45) is 0 Å². The summed E-state index contributed by atoms with van der Waals surface area (Å²) in [7, 11) is 1.40. The first-order valence-electron chi connectivity index (χ1n) is 5.91. The van der Waals surface area contributed by atoms with Gasteiger partial charge in [-0.2, -0.15) is 0 Å². The highest BCUT2D eigenvalue weighted by atomic mass is 35.5. The van der Waals surface area contributed by atoms with Crippen LogP contribution < -0.4 is 9.47 Å². The molecule has 0 atom stereocenters. The summed E-state index contributed by atoms with van der Waals surface area (Å²) in [5.41, 5.74) is -0.119. The molecule has 0 saturated heterocycles. The summed E-state index contributed by atoms with van der Waals surface area (Å²) < 4.78 is 23.9. The number of nitrogens with zero attached hydrogens (tertiary/aromatic N) is 1. The summed E-state index contributed by atoms with van der Waals surface area (Å²) in [6, 6.07) is 8.38. The number of benzene rings is 2. The maximum Gasteiger partial charge on any atom is 0.314 e. The maximum absolute atomic E-state index is 13.6. The van der Waals surface area contributed by atoms with Gasteiger partial charge in [0.15, 0.2) is 5.75 Å². The van der Waals surface area contributed by atoms with E-state index in [-0.39, 0.29) is 28.6 Å². The van der Waals surface area contributed by atoms with Crippen molar-refractivity contribution in [3.8, 4) is 11.5 Å². The van der Waals surface area contributed by atoms with Crippen molar-refractivity contribution in [3.63, 3.8) is 0 Å². The first-order chi connectivity index (χ1) is 10.0. The van der Waals surface area contributed by atoms with Gasteiger partial charge in [-0.3, -0.25) is 10.1 Å². The molecule has 0 amide bonds.